The lowest BCUT2D eigenvalue weighted by molar-refractivity contribution is 0.760. The van der Waals surface area contributed by atoms with Crippen molar-refractivity contribution in [3.63, 3.8) is 0 Å². The Bertz CT molecular complexity index is 561. The molecule has 0 spiro atoms. The Morgan fingerprint density at radius 3 is 2.42 bits per heavy atom. The Morgan fingerprint density at radius 1 is 1.05 bits per heavy atom. The first-order chi connectivity index (χ1) is 9.11. The lowest BCUT2D eigenvalue weighted by Gasteiger charge is -2.18. The van der Waals surface area contributed by atoms with Crippen LogP contribution in [-0.2, 0) is 6.42 Å². The van der Waals surface area contributed by atoms with Crippen molar-refractivity contribution in [3.8, 4) is 0 Å². The van der Waals surface area contributed by atoms with E-state index in [9.17, 15) is 0 Å². The van der Waals surface area contributed by atoms with E-state index in [1.165, 1.54) is 22.3 Å². The summed E-state index contributed by atoms with van der Waals surface area (Å²) in [7, 11) is 0. The average molecular weight is 293 g/mol. The summed E-state index contributed by atoms with van der Waals surface area (Å²) in [5.41, 5.74) is 4.96. The monoisotopic (exact) mass is 292 g/mol. The molecule has 19 heavy (non-hydrogen) atoms. The fourth-order valence-electron chi connectivity index (χ4n) is 2.38. The summed E-state index contributed by atoms with van der Waals surface area (Å²) in [5.74, 6) is 0.915. The van der Waals surface area contributed by atoms with Gasteiger partial charge >= 0.3 is 0 Å². The zero-order valence-corrected chi connectivity index (χ0v) is 12.8. The molecule has 2 aromatic rings. The third kappa shape index (κ3) is 3.52. The summed E-state index contributed by atoms with van der Waals surface area (Å²) >= 11 is 12.5. The minimum Gasteiger partial charge on any atom is -0.126 e. The summed E-state index contributed by atoms with van der Waals surface area (Å²) in [4.78, 5) is 0. The van der Waals surface area contributed by atoms with E-state index in [-0.39, 0.29) is 0 Å². The highest BCUT2D eigenvalue weighted by molar-refractivity contribution is 6.31. The van der Waals surface area contributed by atoms with Crippen molar-refractivity contribution in [3.05, 3.63) is 69.7 Å². The summed E-state index contributed by atoms with van der Waals surface area (Å²) in [6.45, 7) is 4.18. The maximum Gasteiger partial charge on any atom is 0.0440 e. The van der Waals surface area contributed by atoms with Gasteiger partial charge in [-0.3, -0.25) is 0 Å². The van der Waals surface area contributed by atoms with Gasteiger partial charge in [-0.1, -0.05) is 48.0 Å². The molecule has 0 heterocycles. The van der Waals surface area contributed by atoms with Crippen LogP contribution in [-0.4, -0.2) is 5.88 Å². The van der Waals surface area contributed by atoms with Crippen LogP contribution in [0.1, 0.15) is 28.2 Å². The summed E-state index contributed by atoms with van der Waals surface area (Å²) in [5, 5.41) is 0.837. The third-order valence-corrected chi connectivity index (χ3v) is 4.21. The highest BCUT2D eigenvalue weighted by atomic mass is 35.5. The van der Waals surface area contributed by atoms with Crippen molar-refractivity contribution in [2.75, 3.05) is 5.88 Å². The lowest BCUT2D eigenvalue weighted by Crippen LogP contribution is -2.07. The number of alkyl halides is 1. The molecule has 0 fully saturated rings. The summed E-state index contributed by atoms with van der Waals surface area (Å²) in [6, 6.07) is 14.6. The van der Waals surface area contributed by atoms with Crippen LogP contribution in [0.4, 0.5) is 0 Å². The van der Waals surface area contributed by atoms with E-state index in [1.807, 2.05) is 6.07 Å². The molecular formula is C17H18Cl2. The molecule has 0 N–H and O–H groups in total. The van der Waals surface area contributed by atoms with E-state index in [1.54, 1.807) is 0 Å². The van der Waals surface area contributed by atoms with Crippen LogP contribution >= 0.6 is 23.2 Å². The molecule has 0 bridgehead atoms. The molecule has 2 heteroatoms. The van der Waals surface area contributed by atoms with Crippen LogP contribution in [0.25, 0.3) is 0 Å². The molecule has 0 aliphatic carbocycles. The van der Waals surface area contributed by atoms with E-state index < -0.39 is 0 Å². The second-order valence-electron chi connectivity index (χ2n) is 5.01. The van der Waals surface area contributed by atoms with Crippen LogP contribution in [0, 0.1) is 13.8 Å². The van der Waals surface area contributed by atoms with E-state index in [2.05, 4.69) is 50.2 Å². The fourth-order valence-corrected chi connectivity index (χ4v) is 2.96. The van der Waals surface area contributed by atoms with Gasteiger partial charge in [0.05, 0.1) is 0 Å². The van der Waals surface area contributed by atoms with Gasteiger partial charge in [0, 0.05) is 16.8 Å². The van der Waals surface area contributed by atoms with Gasteiger partial charge < -0.3 is 0 Å². The van der Waals surface area contributed by atoms with Crippen molar-refractivity contribution >= 4 is 23.2 Å². The SMILES string of the molecule is Cc1ccc(CC(CCl)c2ccccc2C)c(Cl)c1. The fraction of sp³-hybridized carbons (Fsp3) is 0.294. The summed E-state index contributed by atoms with van der Waals surface area (Å²) < 4.78 is 0. The van der Waals surface area contributed by atoms with Crippen molar-refractivity contribution in [2.45, 2.75) is 26.2 Å². The van der Waals surface area contributed by atoms with E-state index in [0.717, 1.165) is 11.4 Å². The molecule has 0 amide bonds. The molecule has 0 nitrogen and oxygen atoms in total. The predicted octanol–water partition coefficient (Wildman–Crippen LogP) is 5.52. The van der Waals surface area contributed by atoms with Gasteiger partial charge in [-0.2, -0.15) is 0 Å². The van der Waals surface area contributed by atoms with E-state index in [4.69, 9.17) is 23.2 Å². The quantitative estimate of drug-likeness (QED) is 0.651. The third-order valence-electron chi connectivity index (χ3n) is 3.49. The molecule has 0 saturated heterocycles. The van der Waals surface area contributed by atoms with Crippen molar-refractivity contribution in [1.29, 1.82) is 0 Å². The molecule has 0 radical (unpaired) electrons. The second kappa shape index (κ2) is 6.45. The smallest absolute Gasteiger partial charge is 0.0440 e. The van der Waals surface area contributed by atoms with Gasteiger partial charge in [-0.25, -0.2) is 0 Å². The van der Waals surface area contributed by atoms with Gasteiger partial charge in [-0.05, 0) is 48.6 Å². The first kappa shape index (κ1) is 14.4. The summed E-state index contributed by atoms with van der Waals surface area (Å²) in [6.07, 6.45) is 0.882. The van der Waals surface area contributed by atoms with Crippen LogP contribution in [0.2, 0.25) is 5.02 Å². The second-order valence-corrected chi connectivity index (χ2v) is 5.72. The standard InChI is InChI=1S/C17H18Cl2/c1-12-7-8-14(17(19)9-12)10-15(11-18)16-6-4-3-5-13(16)2/h3-9,15H,10-11H2,1-2H3. The number of halogens is 2. The molecule has 100 valence electrons. The number of hydrogen-bond donors (Lipinski definition) is 0. The molecule has 1 unspecified atom stereocenters. The number of benzene rings is 2. The maximum atomic E-state index is 6.31. The van der Waals surface area contributed by atoms with Gasteiger partial charge in [-0.15, -0.1) is 11.6 Å². The predicted molar refractivity (Wildman–Crippen MR) is 84.5 cm³/mol. The van der Waals surface area contributed by atoms with Crippen LogP contribution in [0.3, 0.4) is 0 Å². The van der Waals surface area contributed by atoms with Crippen molar-refractivity contribution < 1.29 is 0 Å². The minimum absolute atomic E-state index is 0.308. The molecule has 0 aliphatic heterocycles. The molecule has 0 saturated carbocycles. The van der Waals surface area contributed by atoms with Gasteiger partial charge in [0.15, 0.2) is 0 Å². The van der Waals surface area contributed by atoms with Crippen molar-refractivity contribution in [2.24, 2.45) is 0 Å². The maximum absolute atomic E-state index is 6.31. The zero-order valence-electron chi connectivity index (χ0n) is 11.3. The molecular weight excluding hydrogens is 275 g/mol. The van der Waals surface area contributed by atoms with Gasteiger partial charge in [0.1, 0.15) is 0 Å². The Kier molecular flexibility index (Phi) is 4.90. The molecule has 0 aliphatic rings. The highest BCUT2D eigenvalue weighted by Gasteiger charge is 2.14. The van der Waals surface area contributed by atoms with Crippen molar-refractivity contribution in [1.82, 2.24) is 0 Å². The zero-order chi connectivity index (χ0) is 13.8. The van der Waals surface area contributed by atoms with Crippen LogP contribution in [0.5, 0.6) is 0 Å². The average Bonchev–Trinajstić information content (AvgIpc) is 2.39. The number of aryl methyl sites for hydroxylation is 2. The normalized spacial score (nSPS) is 12.4. The molecule has 1 atom stereocenters. The topological polar surface area (TPSA) is 0 Å². The van der Waals surface area contributed by atoms with Gasteiger partial charge in [0.25, 0.3) is 0 Å². The lowest BCUT2D eigenvalue weighted by atomic mass is 9.90. The van der Waals surface area contributed by atoms with Crippen LogP contribution < -0.4 is 0 Å². The van der Waals surface area contributed by atoms with E-state index >= 15 is 0 Å². The number of rotatable bonds is 4. The molecule has 0 aromatic heterocycles. The Morgan fingerprint density at radius 2 is 1.79 bits per heavy atom. The Hall–Kier alpha value is -0.980. The highest BCUT2D eigenvalue weighted by Crippen LogP contribution is 2.28. The first-order valence-corrected chi connectivity index (χ1v) is 7.39. The Labute approximate surface area is 125 Å². The first-order valence-electron chi connectivity index (χ1n) is 6.48. The van der Waals surface area contributed by atoms with Crippen LogP contribution in [0.15, 0.2) is 42.5 Å². The minimum atomic E-state index is 0.308. The largest absolute Gasteiger partial charge is 0.126 e. The van der Waals surface area contributed by atoms with E-state index in [0.29, 0.717) is 11.8 Å². The molecule has 2 rings (SSSR count). The Balaban J connectivity index is 2.27. The molecule has 2 aromatic carbocycles. The van der Waals surface area contributed by atoms with Gasteiger partial charge in [0.2, 0.25) is 0 Å². The number of hydrogen-bond acceptors (Lipinski definition) is 0.